The molecule has 0 heterocycles. The highest BCUT2D eigenvalue weighted by Gasteiger charge is 2.69. The average Bonchev–Trinajstić information content (AvgIpc) is 2.87. The van der Waals surface area contributed by atoms with Gasteiger partial charge in [-0.25, -0.2) is 4.39 Å². The molecule has 0 aromatic rings. The number of rotatable bonds is 2. The number of fused-ring (bicyclic) bond motifs is 5. The molecule has 3 fully saturated rings. The van der Waals surface area contributed by atoms with E-state index in [0.717, 1.165) is 5.57 Å². The molecule has 150 valence electrons. The van der Waals surface area contributed by atoms with E-state index in [4.69, 9.17) is 0 Å². The van der Waals surface area contributed by atoms with Crippen molar-refractivity contribution in [2.24, 2.45) is 28.6 Å². The lowest BCUT2D eigenvalue weighted by Gasteiger charge is -2.61. The molecule has 4 aliphatic rings. The highest BCUT2D eigenvalue weighted by Crippen LogP contribution is 2.68. The summed E-state index contributed by atoms with van der Waals surface area (Å²) in [4.78, 5) is 24.2. The zero-order chi connectivity index (χ0) is 19.8. The van der Waals surface area contributed by atoms with E-state index in [1.165, 1.54) is 0 Å². The lowest BCUT2D eigenvalue weighted by molar-refractivity contribution is -0.190. The van der Waals surface area contributed by atoms with Crippen LogP contribution in [0.1, 0.15) is 52.4 Å². The summed E-state index contributed by atoms with van der Waals surface area (Å²) in [6.07, 6.45) is 1.56. The van der Waals surface area contributed by atoms with Crippen molar-refractivity contribution in [1.82, 2.24) is 0 Å². The van der Waals surface area contributed by atoms with Crippen molar-refractivity contribution in [2.45, 2.75) is 70.2 Å². The minimum absolute atomic E-state index is 0.0204. The van der Waals surface area contributed by atoms with Crippen molar-refractivity contribution in [3.05, 3.63) is 11.6 Å². The van der Waals surface area contributed by atoms with Crippen molar-refractivity contribution >= 4 is 11.6 Å². The van der Waals surface area contributed by atoms with Crippen LogP contribution in [-0.2, 0) is 9.59 Å². The molecule has 0 aromatic heterocycles. The molecule has 0 spiro atoms. The summed E-state index contributed by atoms with van der Waals surface area (Å²) in [6.45, 7) is 3.04. The minimum atomic E-state index is -1.72. The second kappa shape index (κ2) is 5.94. The zero-order valence-electron chi connectivity index (χ0n) is 15.9. The number of allylic oxidation sites excluding steroid dienone is 1. The van der Waals surface area contributed by atoms with Crippen LogP contribution in [0.5, 0.6) is 0 Å². The molecule has 0 saturated heterocycles. The number of hydrogen-bond acceptors (Lipinski definition) is 5. The van der Waals surface area contributed by atoms with Gasteiger partial charge < -0.3 is 15.3 Å². The van der Waals surface area contributed by atoms with Gasteiger partial charge in [-0.15, -0.1) is 0 Å². The normalized spacial score (nSPS) is 51.9. The first-order valence-electron chi connectivity index (χ1n) is 10.0. The molecule has 27 heavy (non-hydrogen) atoms. The van der Waals surface area contributed by atoms with Gasteiger partial charge in [0.2, 0.25) is 0 Å². The maximum Gasteiger partial charge on any atom is 0.190 e. The molecule has 6 heteroatoms. The number of carbonyl (C=O) groups is 2. The molecule has 3 N–H and O–H groups in total. The lowest BCUT2D eigenvalue weighted by Crippen LogP contribution is -2.64. The molecule has 5 nitrogen and oxygen atoms in total. The molecule has 0 bridgehead atoms. The first-order valence-corrected chi connectivity index (χ1v) is 10.0. The summed E-state index contributed by atoms with van der Waals surface area (Å²) in [7, 11) is 0. The smallest absolute Gasteiger partial charge is 0.190 e. The molecular weight excluding hydrogens is 351 g/mol. The van der Waals surface area contributed by atoms with Crippen LogP contribution in [0, 0.1) is 28.6 Å². The van der Waals surface area contributed by atoms with Gasteiger partial charge in [-0.3, -0.25) is 9.59 Å². The van der Waals surface area contributed by atoms with Crippen molar-refractivity contribution in [3.63, 3.8) is 0 Å². The van der Waals surface area contributed by atoms with Gasteiger partial charge in [0.25, 0.3) is 0 Å². The zero-order valence-corrected chi connectivity index (χ0v) is 15.9. The first-order chi connectivity index (χ1) is 12.6. The van der Waals surface area contributed by atoms with E-state index in [1.807, 2.05) is 6.92 Å². The number of carbonyl (C=O) groups excluding carboxylic acids is 2. The fourth-order valence-corrected chi connectivity index (χ4v) is 7.19. The van der Waals surface area contributed by atoms with Crippen LogP contribution in [-0.4, -0.2) is 51.4 Å². The van der Waals surface area contributed by atoms with Gasteiger partial charge in [0, 0.05) is 18.3 Å². The number of hydrogen-bond donors (Lipinski definition) is 3. The highest BCUT2D eigenvalue weighted by molar-refractivity contribution is 5.92. The fraction of sp³-hybridized carbons (Fsp3) is 0.810. The minimum Gasteiger partial charge on any atom is -0.393 e. The summed E-state index contributed by atoms with van der Waals surface area (Å²) in [5.74, 6) is -1.65. The topological polar surface area (TPSA) is 94.8 Å². The summed E-state index contributed by atoms with van der Waals surface area (Å²) in [6, 6.07) is 0. The van der Waals surface area contributed by atoms with E-state index in [2.05, 4.69) is 0 Å². The highest BCUT2D eigenvalue weighted by atomic mass is 19.1. The predicted molar refractivity (Wildman–Crippen MR) is 95.4 cm³/mol. The van der Waals surface area contributed by atoms with Crippen LogP contribution in [0.15, 0.2) is 11.6 Å². The molecule has 0 radical (unpaired) electrons. The third-order valence-corrected chi connectivity index (χ3v) is 8.64. The molecule has 3 saturated carbocycles. The third-order valence-electron chi connectivity index (χ3n) is 8.64. The van der Waals surface area contributed by atoms with Crippen molar-refractivity contribution in [3.8, 4) is 0 Å². The van der Waals surface area contributed by atoms with E-state index in [1.54, 1.807) is 13.0 Å². The second-order valence-corrected chi connectivity index (χ2v) is 9.65. The van der Waals surface area contributed by atoms with Gasteiger partial charge in [-0.1, -0.05) is 19.4 Å². The molecule has 0 aromatic carbocycles. The largest absolute Gasteiger partial charge is 0.393 e. The van der Waals surface area contributed by atoms with Crippen LogP contribution in [0.4, 0.5) is 4.39 Å². The SMILES string of the molecule is CC12CCC(=O)C=C1CC(F)C1C2C(O)CC2(C)C1CC[C@]2(O)C(=O)CO. The Morgan fingerprint density at radius 1 is 1.33 bits per heavy atom. The van der Waals surface area contributed by atoms with Crippen LogP contribution in [0.25, 0.3) is 0 Å². The molecule has 0 amide bonds. The van der Waals surface area contributed by atoms with Gasteiger partial charge in [-0.2, -0.15) is 0 Å². The Bertz CT molecular complexity index is 719. The average molecular weight is 380 g/mol. The Hall–Kier alpha value is -1.11. The summed E-state index contributed by atoms with van der Waals surface area (Å²) < 4.78 is 15.4. The Morgan fingerprint density at radius 3 is 2.70 bits per heavy atom. The predicted octanol–water partition coefficient (Wildman–Crippen LogP) is 1.73. The van der Waals surface area contributed by atoms with Crippen LogP contribution in [0.3, 0.4) is 0 Å². The fourth-order valence-electron chi connectivity index (χ4n) is 7.19. The third kappa shape index (κ3) is 2.33. The maximum absolute atomic E-state index is 15.4. The monoisotopic (exact) mass is 380 g/mol. The molecular formula is C21H29FO5. The number of alkyl halides is 1. The van der Waals surface area contributed by atoms with E-state index < -0.39 is 47.0 Å². The number of halogens is 1. The number of Topliss-reactive ketones (excluding diaryl/α,β-unsaturated/α-hetero) is 1. The first kappa shape index (κ1) is 19.2. The Balaban J connectivity index is 1.78. The van der Waals surface area contributed by atoms with E-state index >= 15 is 4.39 Å². The van der Waals surface area contributed by atoms with Crippen molar-refractivity contribution < 1.29 is 29.3 Å². The Kier molecular flexibility index (Phi) is 4.23. The van der Waals surface area contributed by atoms with Gasteiger partial charge in [-0.05, 0) is 54.9 Å². The van der Waals surface area contributed by atoms with Gasteiger partial charge in [0.05, 0.1) is 6.10 Å². The van der Waals surface area contributed by atoms with Crippen molar-refractivity contribution in [2.75, 3.05) is 6.61 Å². The second-order valence-electron chi connectivity index (χ2n) is 9.65. The van der Waals surface area contributed by atoms with E-state index in [9.17, 15) is 24.9 Å². The molecule has 7 unspecified atom stereocenters. The summed E-state index contributed by atoms with van der Waals surface area (Å²) in [5.41, 5.74) is -2.31. The molecule has 4 rings (SSSR count). The quantitative estimate of drug-likeness (QED) is 0.678. The van der Waals surface area contributed by atoms with Gasteiger partial charge in [0.1, 0.15) is 18.4 Å². The Morgan fingerprint density at radius 2 is 2.04 bits per heavy atom. The van der Waals surface area contributed by atoms with E-state index in [-0.39, 0.29) is 36.9 Å². The molecule has 4 aliphatic carbocycles. The Labute approximate surface area is 158 Å². The summed E-state index contributed by atoms with van der Waals surface area (Å²) >= 11 is 0. The van der Waals surface area contributed by atoms with Crippen molar-refractivity contribution in [1.29, 1.82) is 0 Å². The van der Waals surface area contributed by atoms with Crippen LogP contribution < -0.4 is 0 Å². The number of aliphatic hydroxyl groups is 3. The lowest BCUT2D eigenvalue weighted by atomic mass is 9.45. The number of ketones is 2. The van der Waals surface area contributed by atoms with Gasteiger partial charge in [0.15, 0.2) is 11.6 Å². The standard InChI is InChI=1S/C21H29FO5/c1-19-5-3-12(24)7-11(19)8-14(22)17-13-4-6-21(27,16(26)10-23)20(13,2)9-15(25)18(17)19/h7,13-15,17-18,23,25,27H,3-6,8-10H2,1-2H3/t13?,14?,15?,17?,18?,19?,20?,21-/m0/s1. The maximum atomic E-state index is 15.4. The van der Waals surface area contributed by atoms with Crippen LogP contribution in [0.2, 0.25) is 0 Å². The summed E-state index contributed by atoms with van der Waals surface area (Å²) in [5, 5.41) is 31.6. The molecule has 8 atom stereocenters. The van der Waals surface area contributed by atoms with Gasteiger partial charge >= 0.3 is 0 Å². The van der Waals surface area contributed by atoms with E-state index in [0.29, 0.717) is 19.3 Å². The number of aliphatic hydroxyl groups excluding tert-OH is 2. The van der Waals surface area contributed by atoms with Crippen LogP contribution >= 0.6 is 0 Å². The molecule has 0 aliphatic heterocycles.